The molecule has 0 amide bonds. The van der Waals surface area contributed by atoms with Gasteiger partial charge in [0.25, 0.3) is 0 Å². The van der Waals surface area contributed by atoms with Crippen molar-refractivity contribution >= 4 is 0 Å². The number of hydrogen-bond acceptors (Lipinski definition) is 2. The van der Waals surface area contributed by atoms with E-state index in [0.29, 0.717) is 6.54 Å². The lowest BCUT2D eigenvalue weighted by atomic mass is 10.1. The van der Waals surface area contributed by atoms with Crippen molar-refractivity contribution < 1.29 is 13.2 Å². The predicted octanol–water partition coefficient (Wildman–Crippen LogP) is 4.16. The summed E-state index contributed by atoms with van der Waals surface area (Å²) in [5.74, 6) is 0. The maximum atomic E-state index is 12.5. The van der Waals surface area contributed by atoms with Crippen LogP contribution in [0.1, 0.15) is 35.4 Å². The molecule has 118 valence electrons. The lowest BCUT2D eigenvalue weighted by Gasteiger charge is -2.08. The highest BCUT2D eigenvalue weighted by molar-refractivity contribution is 5.25. The first kappa shape index (κ1) is 16.3. The average molecular weight is 309 g/mol. The normalized spacial score (nSPS) is 11.6. The number of rotatable bonds is 6. The van der Waals surface area contributed by atoms with Gasteiger partial charge < -0.3 is 0 Å². The zero-order valence-electron chi connectivity index (χ0n) is 12.4. The van der Waals surface area contributed by atoms with Crippen LogP contribution in [0.15, 0.2) is 36.9 Å². The molecule has 2 aromatic rings. The Morgan fingerprint density at radius 2 is 1.91 bits per heavy atom. The number of aryl methyl sites for hydroxylation is 1. The first-order chi connectivity index (χ1) is 10.4. The molecule has 1 aromatic carbocycles. The number of unbranched alkanes of at least 4 members (excludes halogenated alkanes) is 1. The molecule has 0 N–H and O–H groups in total. The summed E-state index contributed by atoms with van der Waals surface area (Å²) >= 11 is 0. The molecule has 2 rings (SSSR count). The molecular formula is C16H18F3N3. The van der Waals surface area contributed by atoms with E-state index in [9.17, 15) is 13.2 Å². The maximum absolute atomic E-state index is 12.5. The van der Waals surface area contributed by atoms with E-state index in [1.807, 2.05) is 13.0 Å². The van der Waals surface area contributed by atoms with Crippen molar-refractivity contribution in [3.8, 4) is 0 Å². The highest BCUT2D eigenvalue weighted by atomic mass is 19.4. The third-order valence-electron chi connectivity index (χ3n) is 3.51. The Balaban J connectivity index is 2.06. The Labute approximate surface area is 127 Å². The van der Waals surface area contributed by atoms with E-state index < -0.39 is 11.7 Å². The van der Waals surface area contributed by atoms with Crippen molar-refractivity contribution in [1.82, 2.24) is 15.0 Å². The summed E-state index contributed by atoms with van der Waals surface area (Å²) < 4.78 is 39.3. The fraction of sp³-hybridized carbons (Fsp3) is 0.375. The van der Waals surface area contributed by atoms with Gasteiger partial charge in [-0.1, -0.05) is 23.4 Å². The standard InChI is InChI=1S/C16H18F3N3/c1-3-4-5-6-15-12(2)22(21-20-15)11-13-7-9-14(10-8-13)16(17,18)19/h3,7-10H,1,4-6,11H2,2H3. The van der Waals surface area contributed by atoms with Gasteiger partial charge in [-0.3, -0.25) is 0 Å². The molecule has 6 heteroatoms. The third kappa shape index (κ3) is 3.96. The zero-order valence-corrected chi connectivity index (χ0v) is 12.4. The number of aromatic nitrogens is 3. The highest BCUT2D eigenvalue weighted by Gasteiger charge is 2.29. The fourth-order valence-corrected chi connectivity index (χ4v) is 2.16. The van der Waals surface area contributed by atoms with Crippen LogP contribution < -0.4 is 0 Å². The first-order valence-corrected chi connectivity index (χ1v) is 7.08. The minimum Gasteiger partial charge on any atom is -0.245 e. The number of alkyl halides is 3. The summed E-state index contributed by atoms with van der Waals surface area (Å²) in [7, 11) is 0. The number of halogens is 3. The molecule has 0 fully saturated rings. The zero-order chi connectivity index (χ0) is 16.2. The summed E-state index contributed by atoms with van der Waals surface area (Å²) in [5.41, 5.74) is 1.99. The van der Waals surface area contributed by atoms with E-state index in [2.05, 4.69) is 16.9 Å². The molecule has 0 spiro atoms. The molecule has 0 unspecified atom stereocenters. The monoisotopic (exact) mass is 309 g/mol. The van der Waals surface area contributed by atoms with Crippen LogP contribution in [-0.2, 0) is 19.1 Å². The van der Waals surface area contributed by atoms with Gasteiger partial charge in [-0.2, -0.15) is 13.2 Å². The van der Waals surface area contributed by atoms with Crippen molar-refractivity contribution in [1.29, 1.82) is 0 Å². The second kappa shape index (κ2) is 6.77. The fourth-order valence-electron chi connectivity index (χ4n) is 2.16. The van der Waals surface area contributed by atoms with Crippen LogP contribution in [0, 0.1) is 6.92 Å². The summed E-state index contributed by atoms with van der Waals surface area (Å²) in [6, 6.07) is 5.13. The van der Waals surface area contributed by atoms with E-state index in [1.54, 1.807) is 4.68 Å². The molecule has 0 saturated heterocycles. The molecule has 0 aliphatic rings. The number of nitrogens with zero attached hydrogens (tertiary/aromatic N) is 3. The van der Waals surface area contributed by atoms with Gasteiger partial charge in [0.1, 0.15) is 0 Å². The van der Waals surface area contributed by atoms with Gasteiger partial charge in [0.15, 0.2) is 0 Å². The van der Waals surface area contributed by atoms with Gasteiger partial charge >= 0.3 is 6.18 Å². The van der Waals surface area contributed by atoms with Gasteiger partial charge in [-0.25, -0.2) is 4.68 Å². The Kier molecular flexibility index (Phi) is 5.00. The lowest BCUT2D eigenvalue weighted by molar-refractivity contribution is -0.137. The Morgan fingerprint density at radius 3 is 2.50 bits per heavy atom. The van der Waals surface area contributed by atoms with Crippen molar-refractivity contribution in [2.45, 2.75) is 38.9 Å². The van der Waals surface area contributed by atoms with Gasteiger partial charge in [-0.15, -0.1) is 11.7 Å². The predicted molar refractivity (Wildman–Crippen MR) is 78.4 cm³/mol. The number of hydrogen-bond donors (Lipinski definition) is 0. The van der Waals surface area contributed by atoms with Crippen LogP contribution in [0.4, 0.5) is 13.2 Å². The average Bonchev–Trinajstić information content (AvgIpc) is 2.80. The SMILES string of the molecule is C=CCCCc1nnn(Cc2ccc(C(F)(F)F)cc2)c1C. The quantitative estimate of drug-likeness (QED) is 0.592. The number of allylic oxidation sites excluding steroid dienone is 1. The molecule has 0 atom stereocenters. The summed E-state index contributed by atoms with van der Waals surface area (Å²) in [6.45, 7) is 6.02. The molecule has 0 bridgehead atoms. The first-order valence-electron chi connectivity index (χ1n) is 7.08. The van der Waals surface area contributed by atoms with Gasteiger partial charge in [0.05, 0.1) is 23.5 Å². The van der Waals surface area contributed by atoms with Crippen LogP contribution in [0.2, 0.25) is 0 Å². The summed E-state index contributed by atoms with van der Waals surface area (Å²) in [6.07, 6.45) is 0.265. The molecule has 3 nitrogen and oxygen atoms in total. The molecule has 0 saturated carbocycles. The smallest absolute Gasteiger partial charge is 0.245 e. The second-order valence-electron chi connectivity index (χ2n) is 5.15. The van der Waals surface area contributed by atoms with Crippen molar-refractivity contribution in [3.05, 3.63) is 59.4 Å². The van der Waals surface area contributed by atoms with Gasteiger partial charge in [0, 0.05) is 0 Å². The second-order valence-corrected chi connectivity index (χ2v) is 5.15. The van der Waals surface area contributed by atoms with Crippen LogP contribution >= 0.6 is 0 Å². The summed E-state index contributed by atoms with van der Waals surface area (Å²) in [4.78, 5) is 0. The van der Waals surface area contributed by atoms with Gasteiger partial charge in [-0.05, 0) is 43.9 Å². The molecule has 0 aliphatic heterocycles. The Hall–Kier alpha value is -2.11. The molecular weight excluding hydrogens is 291 g/mol. The molecule has 1 aromatic heterocycles. The van der Waals surface area contributed by atoms with E-state index in [-0.39, 0.29) is 0 Å². The lowest BCUT2D eigenvalue weighted by Crippen LogP contribution is -2.07. The Morgan fingerprint density at radius 1 is 1.23 bits per heavy atom. The van der Waals surface area contributed by atoms with E-state index in [4.69, 9.17) is 0 Å². The van der Waals surface area contributed by atoms with Crippen LogP contribution in [0.5, 0.6) is 0 Å². The van der Waals surface area contributed by atoms with Crippen LogP contribution in [-0.4, -0.2) is 15.0 Å². The third-order valence-corrected chi connectivity index (χ3v) is 3.51. The topological polar surface area (TPSA) is 30.7 Å². The van der Waals surface area contributed by atoms with Crippen LogP contribution in [0.25, 0.3) is 0 Å². The Bertz CT molecular complexity index is 627. The van der Waals surface area contributed by atoms with E-state index in [0.717, 1.165) is 48.3 Å². The minimum atomic E-state index is -4.31. The number of benzene rings is 1. The van der Waals surface area contributed by atoms with Gasteiger partial charge in [0.2, 0.25) is 0 Å². The molecule has 1 heterocycles. The summed E-state index contributed by atoms with van der Waals surface area (Å²) in [5, 5.41) is 8.22. The van der Waals surface area contributed by atoms with E-state index >= 15 is 0 Å². The minimum absolute atomic E-state index is 0.415. The van der Waals surface area contributed by atoms with Crippen molar-refractivity contribution in [2.24, 2.45) is 0 Å². The largest absolute Gasteiger partial charge is 0.416 e. The molecule has 22 heavy (non-hydrogen) atoms. The van der Waals surface area contributed by atoms with Crippen molar-refractivity contribution in [3.63, 3.8) is 0 Å². The van der Waals surface area contributed by atoms with E-state index in [1.165, 1.54) is 12.1 Å². The molecule has 0 aliphatic carbocycles. The van der Waals surface area contributed by atoms with Crippen LogP contribution in [0.3, 0.4) is 0 Å². The highest BCUT2D eigenvalue weighted by Crippen LogP contribution is 2.29. The maximum Gasteiger partial charge on any atom is 0.416 e. The van der Waals surface area contributed by atoms with Crippen molar-refractivity contribution in [2.75, 3.05) is 0 Å². The molecule has 0 radical (unpaired) electrons.